The molecule has 27 heavy (non-hydrogen) atoms. The first kappa shape index (κ1) is 19.2. The summed E-state index contributed by atoms with van der Waals surface area (Å²) in [6.07, 6.45) is -5.82. The molecule has 0 amide bonds. The van der Waals surface area contributed by atoms with Crippen LogP contribution in [0.25, 0.3) is 21.8 Å². The molecule has 0 aliphatic rings. The molecule has 3 rings (SSSR count). The van der Waals surface area contributed by atoms with E-state index in [0.29, 0.717) is 0 Å². The molecule has 3 aromatic rings. The van der Waals surface area contributed by atoms with Crippen molar-refractivity contribution in [2.45, 2.75) is 23.9 Å². The molecule has 0 unspecified atom stereocenters. The average molecular weight is 398 g/mol. The first-order valence-electron chi connectivity index (χ1n) is 7.16. The molecule has 0 spiro atoms. The summed E-state index contributed by atoms with van der Waals surface area (Å²) in [5, 5.41) is -0.657. The quantitative estimate of drug-likeness (QED) is 0.417. The fraction of sp³-hybridized carbons (Fsp3) is 0.250. The number of aromatic nitrogens is 2. The van der Waals surface area contributed by atoms with E-state index in [9.17, 15) is 39.5 Å². The lowest BCUT2D eigenvalue weighted by Gasteiger charge is -2.33. The Morgan fingerprint density at radius 2 is 1.19 bits per heavy atom. The van der Waals surface area contributed by atoms with E-state index in [2.05, 4.69) is 9.97 Å². The fourth-order valence-electron chi connectivity index (χ4n) is 2.55. The van der Waals surface area contributed by atoms with E-state index in [-0.39, 0.29) is 10.8 Å². The van der Waals surface area contributed by atoms with Crippen molar-refractivity contribution in [1.29, 1.82) is 0 Å². The molecule has 11 heteroatoms. The molecule has 2 aromatic heterocycles. The number of hydrogen-bond donors (Lipinski definition) is 0. The number of halogens is 9. The van der Waals surface area contributed by atoms with Crippen LogP contribution in [0, 0.1) is 0 Å². The topological polar surface area (TPSA) is 25.8 Å². The summed E-state index contributed by atoms with van der Waals surface area (Å²) in [5.74, 6) is -19.7. The number of pyridine rings is 2. The molecule has 0 atom stereocenters. The minimum atomic E-state index is -6.99. The van der Waals surface area contributed by atoms with Gasteiger partial charge in [-0.2, -0.15) is 39.5 Å². The molecule has 0 N–H and O–H groups in total. The summed E-state index contributed by atoms with van der Waals surface area (Å²) in [6.45, 7) is 0. The Balaban J connectivity index is 2.35. The minimum Gasteiger partial charge on any atom is -0.237 e. The van der Waals surface area contributed by atoms with Gasteiger partial charge in [-0.25, -0.2) is 9.97 Å². The summed E-state index contributed by atoms with van der Waals surface area (Å²) in [4.78, 5) is 6.79. The van der Waals surface area contributed by atoms with Gasteiger partial charge in [0.2, 0.25) is 0 Å². The summed E-state index contributed by atoms with van der Waals surface area (Å²) < 4.78 is 120. The highest BCUT2D eigenvalue weighted by Crippen LogP contribution is 2.57. The molecule has 0 bridgehead atoms. The zero-order chi connectivity index (χ0) is 20.3. The maximum atomic E-state index is 14.4. The average Bonchev–Trinajstić information content (AvgIpc) is 2.59. The molecule has 0 fully saturated rings. The van der Waals surface area contributed by atoms with Gasteiger partial charge in [0.25, 0.3) is 0 Å². The summed E-state index contributed by atoms with van der Waals surface area (Å²) in [5.41, 5.74) is -2.42. The van der Waals surface area contributed by atoms with Crippen LogP contribution in [0.3, 0.4) is 0 Å². The lowest BCUT2D eigenvalue weighted by Crippen LogP contribution is -2.59. The minimum absolute atomic E-state index is 0.101. The van der Waals surface area contributed by atoms with Crippen molar-refractivity contribution in [1.82, 2.24) is 9.97 Å². The number of alkyl halides is 9. The van der Waals surface area contributed by atoms with Crippen LogP contribution in [0.4, 0.5) is 39.5 Å². The zero-order valence-electron chi connectivity index (χ0n) is 12.8. The van der Waals surface area contributed by atoms with Gasteiger partial charge in [0.1, 0.15) is 5.69 Å². The molecular formula is C16H7F9N2. The first-order valence-corrected chi connectivity index (χ1v) is 7.16. The number of benzene rings is 1. The summed E-state index contributed by atoms with van der Waals surface area (Å²) in [6, 6.07) is 7.31. The molecule has 2 nitrogen and oxygen atoms in total. The standard InChI is InChI=1S/C16H7F9N2/c17-13(18,14(19,20)15(21,22)16(23,24)25)11-9-5-2-1-4-8(9)10-6-3-7-26-12(10)27-11/h1-7H. The Hall–Kier alpha value is -2.59. The number of rotatable bonds is 3. The van der Waals surface area contributed by atoms with Crippen LogP contribution in [0.5, 0.6) is 0 Å². The van der Waals surface area contributed by atoms with E-state index < -0.39 is 40.7 Å². The predicted octanol–water partition coefficient (Wildman–Crippen LogP) is 5.71. The van der Waals surface area contributed by atoms with Crippen molar-refractivity contribution < 1.29 is 39.5 Å². The molecule has 1 aromatic carbocycles. The second-order valence-corrected chi connectivity index (χ2v) is 5.60. The number of fused-ring (bicyclic) bond motifs is 3. The van der Waals surface area contributed by atoms with Gasteiger partial charge in [-0.05, 0) is 17.5 Å². The third-order valence-corrected chi connectivity index (χ3v) is 3.92. The van der Waals surface area contributed by atoms with E-state index >= 15 is 0 Å². The molecule has 0 saturated carbocycles. The predicted molar refractivity (Wildman–Crippen MR) is 76.9 cm³/mol. The van der Waals surface area contributed by atoms with Gasteiger partial charge in [0, 0.05) is 17.0 Å². The van der Waals surface area contributed by atoms with E-state index in [0.717, 1.165) is 18.3 Å². The molecule has 0 saturated heterocycles. The van der Waals surface area contributed by atoms with Crippen LogP contribution < -0.4 is 0 Å². The molecular weight excluding hydrogens is 391 g/mol. The number of hydrogen-bond acceptors (Lipinski definition) is 2. The van der Waals surface area contributed by atoms with Crippen LogP contribution >= 0.6 is 0 Å². The third-order valence-electron chi connectivity index (χ3n) is 3.92. The highest BCUT2D eigenvalue weighted by molar-refractivity contribution is 6.05. The Morgan fingerprint density at radius 3 is 1.78 bits per heavy atom. The van der Waals surface area contributed by atoms with Gasteiger partial charge in [-0.15, -0.1) is 0 Å². The van der Waals surface area contributed by atoms with Crippen molar-refractivity contribution in [2.24, 2.45) is 0 Å². The van der Waals surface area contributed by atoms with Crippen molar-refractivity contribution in [3.63, 3.8) is 0 Å². The van der Waals surface area contributed by atoms with Gasteiger partial charge in [0.05, 0.1) is 0 Å². The van der Waals surface area contributed by atoms with E-state index in [1.54, 1.807) is 0 Å². The van der Waals surface area contributed by atoms with Crippen molar-refractivity contribution >= 4 is 21.8 Å². The van der Waals surface area contributed by atoms with Gasteiger partial charge >= 0.3 is 23.9 Å². The van der Waals surface area contributed by atoms with E-state index in [1.807, 2.05) is 0 Å². The maximum absolute atomic E-state index is 14.4. The SMILES string of the molecule is FC(F)(F)C(F)(F)C(F)(F)C(F)(F)c1nc2ncccc2c2ccccc12. The van der Waals surface area contributed by atoms with Gasteiger partial charge in [-0.3, -0.25) is 0 Å². The first-order chi connectivity index (χ1) is 12.3. The highest BCUT2D eigenvalue weighted by atomic mass is 19.4. The Bertz CT molecular complexity index is 1010. The van der Waals surface area contributed by atoms with Gasteiger partial charge in [0.15, 0.2) is 5.65 Å². The van der Waals surface area contributed by atoms with Gasteiger partial charge < -0.3 is 0 Å². The smallest absolute Gasteiger partial charge is 0.237 e. The largest absolute Gasteiger partial charge is 0.460 e. The normalized spacial score (nSPS) is 14.1. The van der Waals surface area contributed by atoms with E-state index in [1.165, 1.54) is 24.3 Å². The number of nitrogens with zero attached hydrogens (tertiary/aromatic N) is 2. The highest BCUT2D eigenvalue weighted by Gasteiger charge is 2.82. The second kappa shape index (κ2) is 5.70. The second-order valence-electron chi connectivity index (χ2n) is 5.60. The molecule has 144 valence electrons. The lowest BCUT2D eigenvalue weighted by molar-refractivity contribution is -0.399. The monoisotopic (exact) mass is 398 g/mol. The molecule has 0 aliphatic heterocycles. The molecule has 0 radical (unpaired) electrons. The lowest BCUT2D eigenvalue weighted by atomic mass is 9.95. The maximum Gasteiger partial charge on any atom is 0.460 e. The van der Waals surface area contributed by atoms with Crippen molar-refractivity contribution in [2.75, 3.05) is 0 Å². The van der Waals surface area contributed by atoms with Crippen LogP contribution in [0.15, 0.2) is 42.6 Å². The zero-order valence-corrected chi connectivity index (χ0v) is 12.8. The Kier molecular flexibility index (Phi) is 4.05. The van der Waals surface area contributed by atoms with Crippen molar-refractivity contribution in [3.05, 3.63) is 48.3 Å². The molecule has 0 aliphatic carbocycles. The van der Waals surface area contributed by atoms with Crippen LogP contribution in [0.1, 0.15) is 5.69 Å². The summed E-state index contributed by atoms with van der Waals surface area (Å²) >= 11 is 0. The van der Waals surface area contributed by atoms with Crippen LogP contribution in [-0.2, 0) is 5.92 Å². The molecule has 2 heterocycles. The Morgan fingerprint density at radius 1 is 0.630 bits per heavy atom. The van der Waals surface area contributed by atoms with Crippen LogP contribution in [-0.4, -0.2) is 28.0 Å². The van der Waals surface area contributed by atoms with Gasteiger partial charge in [-0.1, -0.05) is 24.3 Å². The summed E-state index contributed by atoms with van der Waals surface area (Å²) in [7, 11) is 0. The Labute approximate surface area is 144 Å². The van der Waals surface area contributed by atoms with E-state index in [4.69, 9.17) is 0 Å². The fourth-order valence-corrected chi connectivity index (χ4v) is 2.55. The third kappa shape index (κ3) is 2.59. The van der Waals surface area contributed by atoms with Crippen LogP contribution in [0.2, 0.25) is 0 Å². The van der Waals surface area contributed by atoms with Crippen molar-refractivity contribution in [3.8, 4) is 0 Å².